The summed E-state index contributed by atoms with van der Waals surface area (Å²) in [6, 6.07) is 6.79. The Labute approximate surface area is 149 Å². The Morgan fingerprint density at radius 2 is 1.96 bits per heavy atom. The van der Waals surface area contributed by atoms with Crippen molar-refractivity contribution in [1.29, 1.82) is 0 Å². The van der Waals surface area contributed by atoms with Gasteiger partial charge in [0, 0.05) is 48.5 Å². The fourth-order valence-corrected chi connectivity index (χ4v) is 4.88. The van der Waals surface area contributed by atoms with Crippen LogP contribution in [0.25, 0.3) is 16.2 Å². The SMILES string of the molecule is CC(=O)N1CCc2c(sc3nc(-c4ccc(S(C)(=O)=O)cc4)cn23)C1. The standard InChI is InChI=1S/C17H17N3O3S2/c1-11(21)19-8-7-15-16(10-19)24-17-18-14(9-20(15)17)12-3-5-13(6-4-12)25(2,22)23/h3-6,9H,7-8,10H2,1-2H3. The highest BCUT2D eigenvalue weighted by molar-refractivity contribution is 7.90. The van der Waals surface area contributed by atoms with Crippen LogP contribution in [0.5, 0.6) is 0 Å². The first-order chi connectivity index (χ1) is 11.8. The monoisotopic (exact) mass is 375 g/mol. The zero-order chi connectivity index (χ0) is 17.8. The normalized spacial score (nSPS) is 14.7. The second kappa shape index (κ2) is 5.67. The number of hydrogen-bond acceptors (Lipinski definition) is 5. The zero-order valence-corrected chi connectivity index (χ0v) is 15.5. The molecule has 1 aromatic carbocycles. The molecule has 0 atom stereocenters. The van der Waals surface area contributed by atoms with Gasteiger partial charge in [-0.05, 0) is 12.1 Å². The van der Waals surface area contributed by atoms with Crippen LogP contribution in [0.15, 0.2) is 35.4 Å². The number of imidazole rings is 1. The molecule has 6 nitrogen and oxygen atoms in total. The van der Waals surface area contributed by atoms with Gasteiger partial charge in [0.15, 0.2) is 14.8 Å². The molecule has 3 heterocycles. The third-order valence-corrected chi connectivity index (χ3v) is 6.69. The van der Waals surface area contributed by atoms with Crippen molar-refractivity contribution < 1.29 is 13.2 Å². The second-order valence-electron chi connectivity index (χ2n) is 6.24. The molecule has 0 spiro atoms. The maximum Gasteiger partial charge on any atom is 0.219 e. The maximum atomic E-state index is 11.6. The molecular weight excluding hydrogens is 358 g/mol. The predicted molar refractivity (Wildman–Crippen MR) is 96.4 cm³/mol. The molecule has 3 aromatic rings. The molecule has 4 rings (SSSR count). The lowest BCUT2D eigenvalue weighted by Gasteiger charge is -2.25. The predicted octanol–water partition coefficient (Wildman–Crippen LogP) is 2.37. The van der Waals surface area contributed by atoms with E-state index in [0.29, 0.717) is 11.4 Å². The highest BCUT2D eigenvalue weighted by Crippen LogP contribution is 2.31. The molecule has 25 heavy (non-hydrogen) atoms. The summed E-state index contributed by atoms with van der Waals surface area (Å²) >= 11 is 1.61. The van der Waals surface area contributed by atoms with Gasteiger partial charge < -0.3 is 4.90 Å². The Morgan fingerprint density at radius 3 is 2.60 bits per heavy atom. The van der Waals surface area contributed by atoms with Gasteiger partial charge in [-0.1, -0.05) is 23.5 Å². The summed E-state index contributed by atoms with van der Waals surface area (Å²) in [6.07, 6.45) is 4.01. The lowest BCUT2D eigenvalue weighted by molar-refractivity contribution is -0.129. The molecule has 0 fully saturated rings. The van der Waals surface area contributed by atoms with E-state index in [1.807, 2.05) is 11.1 Å². The van der Waals surface area contributed by atoms with Crippen LogP contribution >= 0.6 is 11.3 Å². The van der Waals surface area contributed by atoms with Crippen LogP contribution in [0.2, 0.25) is 0 Å². The quantitative estimate of drug-likeness (QED) is 0.689. The molecule has 1 aliphatic heterocycles. The summed E-state index contributed by atoms with van der Waals surface area (Å²) in [5, 5.41) is 0. The van der Waals surface area contributed by atoms with Crippen LogP contribution in [-0.4, -0.2) is 41.4 Å². The Morgan fingerprint density at radius 1 is 1.24 bits per heavy atom. The number of amides is 1. The van der Waals surface area contributed by atoms with Gasteiger partial charge in [-0.25, -0.2) is 13.4 Å². The van der Waals surface area contributed by atoms with E-state index in [9.17, 15) is 13.2 Å². The molecule has 1 aliphatic rings. The minimum Gasteiger partial charge on any atom is -0.337 e. The number of aromatic nitrogens is 2. The summed E-state index contributed by atoms with van der Waals surface area (Å²) in [7, 11) is -3.20. The minimum atomic E-state index is -3.20. The number of hydrogen-bond donors (Lipinski definition) is 0. The van der Waals surface area contributed by atoms with E-state index in [2.05, 4.69) is 9.38 Å². The highest BCUT2D eigenvalue weighted by Gasteiger charge is 2.23. The maximum absolute atomic E-state index is 11.6. The second-order valence-corrected chi connectivity index (χ2v) is 9.32. The van der Waals surface area contributed by atoms with Gasteiger partial charge in [0.2, 0.25) is 5.91 Å². The Bertz CT molecular complexity index is 1080. The van der Waals surface area contributed by atoms with E-state index in [1.54, 1.807) is 42.5 Å². The van der Waals surface area contributed by atoms with Gasteiger partial charge in [0.1, 0.15) is 0 Å². The molecule has 2 aromatic heterocycles. The number of sulfone groups is 1. The number of nitrogens with zero attached hydrogens (tertiary/aromatic N) is 3. The van der Waals surface area contributed by atoms with Crippen LogP contribution in [0.4, 0.5) is 0 Å². The number of fused-ring (bicyclic) bond motifs is 3. The summed E-state index contributed by atoms with van der Waals surface area (Å²) in [6.45, 7) is 2.98. The van der Waals surface area contributed by atoms with Crippen molar-refractivity contribution in [2.75, 3.05) is 12.8 Å². The molecule has 0 N–H and O–H groups in total. The summed E-state index contributed by atoms with van der Waals surface area (Å²) < 4.78 is 25.2. The van der Waals surface area contributed by atoms with Crippen LogP contribution in [-0.2, 0) is 27.6 Å². The van der Waals surface area contributed by atoms with Crippen molar-refractivity contribution in [2.24, 2.45) is 0 Å². The average Bonchev–Trinajstić information content (AvgIpc) is 3.11. The average molecular weight is 375 g/mol. The molecule has 130 valence electrons. The summed E-state index contributed by atoms with van der Waals surface area (Å²) in [5.74, 6) is 0.100. The van der Waals surface area contributed by atoms with E-state index >= 15 is 0 Å². The topological polar surface area (TPSA) is 71.8 Å². The Hall–Kier alpha value is -2.19. The largest absolute Gasteiger partial charge is 0.337 e. The first-order valence-electron chi connectivity index (χ1n) is 7.88. The molecule has 0 saturated heterocycles. The van der Waals surface area contributed by atoms with Gasteiger partial charge >= 0.3 is 0 Å². The Kier molecular flexibility index (Phi) is 3.69. The van der Waals surface area contributed by atoms with E-state index in [4.69, 9.17) is 0 Å². The van der Waals surface area contributed by atoms with Crippen LogP contribution in [0.3, 0.4) is 0 Å². The van der Waals surface area contributed by atoms with Gasteiger partial charge in [0.05, 0.1) is 17.1 Å². The number of carbonyl (C=O) groups excluding carboxylic acids is 1. The summed E-state index contributed by atoms with van der Waals surface area (Å²) in [4.78, 5) is 20.5. The Balaban J connectivity index is 1.69. The van der Waals surface area contributed by atoms with Crippen molar-refractivity contribution in [3.63, 3.8) is 0 Å². The molecule has 0 radical (unpaired) electrons. The lowest BCUT2D eigenvalue weighted by Crippen LogP contribution is -2.33. The third-order valence-electron chi connectivity index (χ3n) is 4.48. The third kappa shape index (κ3) is 2.85. The van der Waals surface area contributed by atoms with E-state index < -0.39 is 9.84 Å². The van der Waals surface area contributed by atoms with Crippen molar-refractivity contribution >= 4 is 32.0 Å². The molecule has 0 saturated carbocycles. The van der Waals surface area contributed by atoms with Crippen molar-refractivity contribution in [3.05, 3.63) is 41.0 Å². The van der Waals surface area contributed by atoms with E-state index in [0.717, 1.165) is 29.2 Å². The van der Waals surface area contributed by atoms with E-state index in [-0.39, 0.29) is 5.91 Å². The van der Waals surface area contributed by atoms with Gasteiger partial charge in [0.25, 0.3) is 0 Å². The molecular formula is C17H17N3O3S2. The smallest absolute Gasteiger partial charge is 0.219 e. The molecule has 1 amide bonds. The number of thiazole rings is 1. The van der Waals surface area contributed by atoms with Crippen molar-refractivity contribution in [1.82, 2.24) is 14.3 Å². The lowest BCUT2D eigenvalue weighted by atomic mass is 10.1. The minimum absolute atomic E-state index is 0.100. The van der Waals surface area contributed by atoms with Gasteiger partial charge in [-0.15, -0.1) is 0 Å². The van der Waals surface area contributed by atoms with Gasteiger partial charge in [-0.2, -0.15) is 0 Å². The zero-order valence-electron chi connectivity index (χ0n) is 13.9. The number of benzene rings is 1. The van der Waals surface area contributed by atoms with Gasteiger partial charge in [-0.3, -0.25) is 9.20 Å². The molecule has 0 unspecified atom stereocenters. The first-order valence-corrected chi connectivity index (χ1v) is 10.6. The first kappa shape index (κ1) is 16.3. The molecule has 0 aliphatic carbocycles. The van der Waals surface area contributed by atoms with Crippen molar-refractivity contribution in [3.8, 4) is 11.3 Å². The van der Waals surface area contributed by atoms with Crippen LogP contribution in [0.1, 0.15) is 17.5 Å². The number of rotatable bonds is 2. The number of carbonyl (C=O) groups is 1. The fourth-order valence-electron chi connectivity index (χ4n) is 3.09. The van der Waals surface area contributed by atoms with E-state index in [1.165, 1.54) is 16.8 Å². The summed E-state index contributed by atoms with van der Waals surface area (Å²) in [5.41, 5.74) is 2.92. The molecule has 0 bridgehead atoms. The van der Waals surface area contributed by atoms with Crippen LogP contribution in [0, 0.1) is 0 Å². The van der Waals surface area contributed by atoms with Crippen LogP contribution < -0.4 is 0 Å². The fraction of sp³-hybridized carbons (Fsp3) is 0.294. The van der Waals surface area contributed by atoms with Crippen molar-refractivity contribution in [2.45, 2.75) is 24.8 Å². The highest BCUT2D eigenvalue weighted by atomic mass is 32.2. The molecule has 8 heteroatoms.